The minimum atomic E-state index is -0.348. The maximum atomic E-state index is 8.86. The van der Waals surface area contributed by atoms with E-state index in [4.69, 9.17) is 10.2 Å². The van der Waals surface area contributed by atoms with Gasteiger partial charge in [-0.2, -0.15) is 0 Å². The summed E-state index contributed by atoms with van der Waals surface area (Å²) in [6.45, 7) is 1.24. The van der Waals surface area contributed by atoms with Crippen molar-refractivity contribution in [1.29, 1.82) is 0 Å². The third-order valence-corrected chi connectivity index (χ3v) is 1.30. The second-order valence-corrected chi connectivity index (χ2v) is 2.20. The summed E-state index contributed by atoms with van der Waals surface area (Å²) >= 11 is 0. The van der Waals surface area contributed by atoms with E-state index in [9.17, 15) is 0 Å². The Morgan fingerprint density at radius 1 is 1.12 bits per heavy atom. The van der Waals surface area contributed by atoms with E-state index in [1.54, 1.807) is 0 Å². The number of nitrogens with one attached hydrogen (secondary N) is 1. The fourth-order valence-corrected chi connectivity index (χ4v) is 0.897. The van der Waals surface area contributed by atoms with E-state index in [-0.39, 0.29) is 12.2 Å². The van der Waals surface area contributed by atoms with Crippen molar-refractivity contribution in [2.24, 2.45) is 0 Å². The Kier molecular flexibility index (Phi) is 1.83. The fraction of sp³-hybridized carbons (Fsp3) is 1.00. The lowest BCUT2D eigenvalue weighted by Gasteiger charge is -2.22. The van der Waals surface area contributed by atoms with Gasteiger partial charge in [-0.05, 0) is 0 Å². The SMILES string of the molecule is OC1CNC[C@@H](O)C1. The van der Waals surface area contributed by atoms with Crippen molar-refractivity contribution in [3.63, 3.8) is 0 Å². The summed E-state index contributed by atoms with van der Waals surface area (Å²) < 4.78 is 0. The van der Waals surface area contributed by atoms with Gasteiger partial charge < -0.3 is 15.5 Å². The van der Waals surface area contributed by atoms with Crippen molar-refractivity contribution in [2.45, 2.75) is 18.6 Å². The van der Waals surface area contributed by atoms with Crippen molar-refractivity contribution in [3.05, 3.63) is 0 Å². The monoisotopic (exact) mass is 117 g/mol. The van der Waals surface area contributed by atoms with E-state index in [0.29, 0.717) is 19.5 Å². The zero-order valence-corrected chi connectivity index (χ0v) is 4.67. The molecule has 0 aromatic carbocycles. The normalized spacial score (nSPS) is 39.8. The van der Waals surface area contributed by atoms with Gasteiger partial charge in [0.1, 0.15) is 0 Å². The number of β-amino-alcohol motifs (C(OH)–C–C–N with tert-alkyl or cyclic N) is 2. The third-order valence-electron chi connectivity index (χ3n) is 1.30. The summed E-state index contributed by atoms with van der Waals surface area (Å²) in [4.78, 5) is 0. The van der Waals surface area contributed by atoms with Gasteiger partial charge in [0.2, 0.25) is 0 Å². The van der Waals surface area contributed by atoms with E-state index < -0.39 is 0 Å². The molecule has 48 valence electrons. The summed E-state index contributed by atoms with van der Waals surface area (Å²) in [7, 11) is 0. The molecule has 0 saturated carbocycles. The molecule has 0 aromatic rings. The minimum Gasteiger partial charge on any atom is -0.392 e. The Morgan fingerprint density at radius 3 is 1.88 bits per heavy atom. The lowest BCUT2D eigenvalue weighted by molar-refractivity contribution is 0.0529. The molecule has 0 aromatic heterocycles. The number of hydrogen-bond donors (Lipinski definition) is 3. The molecule has 3 nitrogen and oxygen atoms in total. The van der Waals surface area contributed by atoms with Crippen LogP contribution in [0.1, 0.15) is 6.42 Å². The van der Waals surface area contributed by atoms with Crippen LogP contribution in [0.25, 0.3) is 0 Å². The first-order chi connectivity index (χ1) is 3.79. The summed E-state index contributed by atoms with van der Waals surface area (Å²) in [5.74, 6) is 0. The largest absolute Gasteiger partial charge is 0.392 e. The van der Waals surface area contributed by atoms with E-state index in [2.05, 4.69) is 5.32 Å². The summed E-state index contributed by atoms with van der Waals surface area (Å²) in [6.07, 6.45) is -0.176. The molecule has 0 bridgehead atoms. The highest BCUT2D eigenvalue weighted by molar-refractivity contribution is 4.73. The first-order valence-electron chi connectivity index (χ1n) is 2.86. The molecule has 0 radical (unpaired) electrons. The molecule has 3 N–H and O–H groups in total. The molecule has 0 spiro atoms. The van der Waals surface area contributed by atoms with Gasteiger partial charge in [-0.1, -0.05) is 0 Å². The van der Waals surface area contributed by atoms with Crippen LogP contribution in [-0.2, 0) is 0 Å². The van der Waals surface area contributed by atoms with Crippen molar-refractivity contribution < 1.29 is 10.2 Å². The molecule has 1 aliphatic rings. The molecule has 8 heavy (non-hydrogen) atoms. The van der Waals surface area contributed by atoms with E-state index in [1.807, 2.05) is 0 Å². The van der Waals surface area contributed by atoms with Gasteiger partial charge in [0.15, 0.2) is 0 Å². The molecule has 1 fully saturated rings. The van der Waals surface area contributed by atoms with Crippen LogP contribution in [0.15, 0.2) is 0 Å². The van der Waals surface area contributed by atoms with Gasteiger partial charge in [0, 0.05) is 19.5 Å². The quantitative estimate of drug-likeness (QED) is 0.369. The molecule has 1 unspecified atom stereocenters. The lowest BCUT2D eigenvalue weighted by atomic mass is 10.1. The topological polar surface area (TPSA) is 52.5 Å². The van der Waals surface area contributed by atoms with Gasteiger partial charge >= 0.3 is 0 Å². The molecule has 2 atom stereocenters. The van der Waals surface area contributed by atoms with Crippen molar-refractivity contribution in [1.82, 2.24) is 5.32 Å². The number of piperidine rings is 1. The van der Waals surface area contributed by atoms with Crippen LogP contribution in [0.2, 0.25) is 0 Å². The Morgan fingerprint density at radius 2 is 1.62 bits per heavy atom. The standard InChI is InChI=1S/C5H11NO2/c7-4-1-5(8)3-6-2-4/h4-8H,1-3H2/t4-,5?/m0/s1. The highest BCUT2D eigenvalue weighted by Crippen LogP contribution is 2.00. The Labute approximate surface area is 48.3 Å². The van der Waals surface area contributed by atoms with Crippen LogP contribution < -0.4 is 5.32 Å². The molecule has 1 saturated heterocycles. The summed E-state index contributed by atoms with van der Waals surface area (Å²) in [5.41, 5.74) is 0. The molecule has 1 heterocycles. The van der Waals surface area contributed by atoms with Crippen molar-refractivity contribution >= 4 is 0 Å². The molecule has 3 heteroatoms. The summed E-state index contributed by atoms with van der Waals surface area (Å²) in [6, 6.07) is 0. The van der Waals surface area contributed by atoms with Crippen LogP contribution in [0.5, 0.6) is 0 Å². The molecule has 0 amide bonds. The van der Waals surface area contributed by atoms with Gasteiger partial charge in [-0.15, -0.1) is 0 Å². The molecular formula is C5H11NO2. The Bertz CT molecular complexity index is 68.8. The molecular weight excluding hydrogens is 106 g/mol. The van der Waals surface area contributed by atoms with Crippen LogP contribution in [0.3, 0.4) is 0 Å². The average molecular weight is 117 g/mol. The van der Waals surface area contributed by atoms with Gasteiger partial charge in [-0.3, -0.25) is 0 Å². The number of aliphatic hydroxyl groups excluding tert-OH is 2. The minimum absolute atomic E-state index is 0.348. The summed E-state index contributed by atoms with van der Waals surface area (Å²) in [5, 5.41) is 20.6. The predicted molar refractivity (Wildman–Crippen MR) is 29.5 cm³/mol. The van der Waals surface area contributed by atoms with Gasteiger partial charge in [-0.25, -0.2) is 0 Å². The molecule has 1 aliphatic heterocycles. The number of rotatable bonds is 0. The second kappa shape index (κ2) is 2.44. The highest BCUT2D eigenvalue weighted by atomic mass is 16.3. The zero-order chi connectivity index (χ0) is 5.98. The first-order valence-corrected chi connectivity index (χ1v) is 2.86. The second-order valence-electron chi connectivity index (χ2n) is 2.20. The lowest BCUT2D eigenvalue weighted by Crippen LogP contribution is -2.42. The Balaban J connectivity index is 2.23. The Hall–Kier alpha value is -0.120. The van der Waals surface area contributed by atoms with Gasteiger partial charge in [0.05, 0.1) is 12.2 Å². The fourth-order valence-electron chi connectivity index (χ4n) is 0.897. The van der Waals surface area contributed by atoms with Crippen LogP contribution in [-0.4, -0.2) is 35.5 Å². The number of hydrogen-bond acceptors (Lipinski definition) is 3. The number of aliphatic hydroxyl groups is 2. The van der Waals surface area contributed by atoms with E-state index >= 15 is 0 Å². The first kappa shape index (κ1) is 6.01. The smallest absolute Gasteiger partial charge is 0.0689 e. The third kappa shape index (κ3) is 1.43. The average Bonchev–Trinajstić information content (AvgIpc) is 1.64. The van der Waals surface area contributed by atoms with E-state index in [0.717, 1.165) is 0 Å². The van der Waals surface area contributed by atoms with Crippen LogP contribution in [0, 0.1) is 0 Å². The zero-order valence-electron chi connectivity index (χ0n) is 4.67. The highest BCUT2D eigenvalue weighted by Gasteiger charge is 2.16. The van der Waals surface area contributed by atoms with Crippen molar-refractivity contribution in [3.8, 4) is 0 Å². The predicted octanol–water partition coefficient (Wildman–Crippen LogP) is -1.30. The maximum absolute atomic E-state index is 8.86. The van der Waals surface area contributed by atoms with Crippen LogP contribution >= 0.6 is 0 Å². The molecule has 1 rings (SSSR count). The van der Waals surface area contributed by atoms with Crippen molar-refractivity contribution in [2.75, 3.05) is 13.1 Å². The maximum Gasteiger partial charge on any atom is 0.0689 e. The van der Waals surface area contributed by atoms with Gasteiger partial charge in [0.25, 0.3) is 0 Å². The van der Waals surface area contributed by atoms with Crippen LogP contribution in [0.4, 0.5) is 0 Å². The van der Waals surface area contributed by atoms with E-state index in [1.165, 1.54) is 0 Å². The molecule has 0 aliphatic carbocycles.